The molecule has 3 nitrogen and oxygen atoms in total. The molecule has 4 heteroatoms. The molecule has 226 valence electrons. The van der Waals surface area contributed by atoms with E-state index < -0.39 is 0 Å². The molecular formula is C43H33N3S. The molecule has 2 N–H and O–H groups in total. The van der Waals surface area contributed by atoms with Crippen molar-refractivity contribution in [3.63, 3.8) is 0 Å². The predicted molar refractivity (Wildman–Crippen MR) is 204 cm³/mol. The molecule has 9 aromatic rings. The largest absolute Gasteiger partial charge is 0.398 e. The van der Waals surface area contributed by atoms with Crippen molar-refractivity contribution in [2.75, 3.05) is 5.73 Å². The number of fused-ring (bicyclic) bond motifs is 8. The number of aromatic nitrogens is 2. The van der Waals surface area contributed by atoms with Crippen LogP contribution in [0.2, 0.25) is 0 Å². The Kier molecular flexibility index (Phi) is 6.34. The summed E-state index contributed by atoms with van der Waals surface area (Å²) in [6.45, 7) is 4.50. The van der Waals surface area contributed by atoms with E-state index in [0.29, 0.717) is 0 Å². The summed E-state index contributed by atoms with van der Waals surface area (Å²) in [7, 11) is 0. The lowest BCUT2D eigenvalue weighted by molar-refractivity contribution is 1.05. The second kappa shape index (κ2) is 10.8. The SMILES string of the molecule is CC/C(=C\c1c(C)n(-c2ccccc2)c2ccc3c4ccccc4sc3c12)c1c(N)cccc1-n1c2ccccc2c2ccccc21. The van der Waals surface area contributed by atoms with Crippen molar-refractivity contribution in [3.05, 3.63) is 150 Å². The van der Waals surface area contributed by atoms with Crippen LogP contribution in [-0.2, 0) is 0 Å². The highest BCUT2D eigenvalue weighted by molar-refractivity contribution is 7.26. The molecule has 6 aromatic carbocycles. The number of para-hydroxylation sites is 3. The molecule has 0 fully saturated rings. The van der Waals surface area contributed by atoms with Crippen molar-refractivity contribution in [1.82, 2.24) is 9.13 Å². The highest BCUT2D eigenvalue weighted by Crippen LogP contribution is 2.44. The highest BCUT2D eigenvalue weighted by Gasteiger charge is 2.22. The van der Waals surface area contributed by atoms with Gasteiger partial charge in [0.1, 0.15) is 0 Å². The molecule has 0 bridgehead atoms. The fourth-order valence-electron chi connectivity index (χ4n) is 7.59. The number of rotatable bonds is 5. The molecule has 0 aliphatic carbocycles. The number of nitrogens with two attached hydrogens (primary N) is 1. The van der Waals surface area contributed by atoms with Gasteiger partial charge in [-0.05, 0) is 73.5 Å². The fraction of sp³-hybridized carbons (Fsp3) is 0.0698. The maximum Gasteiger partial charge on any atom is 0.0558 e. The maximum absolute atomic E-state index is 6.98. The molecule has 3 aromatic heterocycles. The Bertz CT molecular complexity index is 2630. The van der Waals surface area contributed by atoms with Gasteiger partial charge in [-0.25, -0.2) is 0 Å². The Morgan fingerprint density at radius 3 is 2.02 bits per heavy atom. The summed E-state index contributed by atoms with van der Waals surface area (Å²) < 4.78 is 7.45. The zero-order valence-corrected chi connectivity index (χ0v) is 27.2. The van der Waals surface area contributed by atoms with Crippen molar-refractivity contribution in [2.45, 2.75) is 20.3 Å². The van der Waals surface area contributed by atoms with Gasteiger partial charge in [0.15, 0.2) is 0 Å². The molecule has 47 heavy (non-hydrogen) atoms. The Labute approximate surface area is 277 Å². The lowest BCUT2D eigenvalue weighted by Gasteiger charge is -2.18. The van der Waals surface area contributed by atoms with Crippen molar-refractivity contribution in [3.8, 4) is 11.4 Å². The quantitative estimate of drug-likeness (QED) is 0.190. The molecule has 0 radical (unpaired) electrons. The monoisotopic (exact) mass is 623 g/mol. The first-order valence-corrected chi connectivity index (χ1v) is 17.0. The molecular weight excluding hydrogens is 591 g/mol. The van der Waals surface area contributed by atoms with Gasteiger partial charge >= 0.3 is 0 Å². The van der Waals surface area contributed by atoms with Gasteiger partial charge in [0.25, 0.3) is 0 Å². The average Bonchev–Trinajstić information content (AvgIpc) is 3.75. The Morgan fingerprint density at radius 1 is 0.638 bits per heavy atom. The third-order valence-electron chi connectivity index (χ3n) is 9.69. The van der Waals surface area contributed by atoms with E-state index in [2.05, 4.69) is 156 Å². The van der Waals surface area contributed by atoms with Crippen LogP contribution in [0, 0.1) is 6.92 Å². The summed E-state index contributed by atoms with van der Waals surface area (Å²) in [5.41, 5.74) is 18.4. The first-order valence-electron chi connectivity index (χ1n) is 16.2. The van der Waals surface area contributed by atoms with Crippen LogP contribution in [0.1, 0.15) is 30.2 Å². The molecule has 0 atom stereocenters. The number of anilines is 1. The maximum atomic E-state index is 6.98. The number of hydrogen-bond donors (Lipinski definition) is 1. The average molecular weight is 624 g/mol. The zero-order valence-electron chi connectivity index (χ0n) is 26.4. The molecule has 0 spiro atoms. The van der Waals surface area contributed by atoms with Gasteiger partial charge in [-0.1, -0.05) is 91.9 Å². The molecule has 0 aliphatic heterocycles. The van der Waals surface area contributed by atoms with Gasteiger partial charge in [0.2, 0.25) is 0 Å². The van der Waals surface area contributed by atoms with E-state index in [4.69, 9.17) is 5.73 Å². The Balaban J connectivity index is 1.37. The van der Waals surface area contributed by atoms with Crippen LogP contribution >= 0.6 is 11.3 Å². The summed E-state index contributed by atoms with van der Waals surface area (Å²) in [6.07, 6.45) is 3.25. The second-order valence-corrected chi connectivity index (χ2v) is 13.3. The molecule has 9 rings (SSSR count). The van der Waals surface area contributed by atoms with E-state index in [9.17, 15) is 0 Å². The van der Waals surface area contributed by atoms with E-state index in [1.807, 2.05) is 17.4 Å². The molecule has 3 heterocycles. The van der Waals surface area contributed by atoms with Crippen LogP contribution in [0.5, 0.6) is 0 Å². The normalized spacial score (nSPS) is 12.3. The van der Waals surface area contributed by atoms with Crippen molar-refractivity contribution in [2.24, 2.45) is 0 Å². The van der Waals surface area contributed by atoms with E-state index in [-0.39, 0.29) is 0 Å². The van der Waals surface area contributed by atoms with E-state index in [1.165, 1.54) is 75.4 Å². The summed E-state index contributed by atoms with van der Waals surface area (Å²) >= 11 is 1.89. The number of thiophene rings is 1. The van der Waals surface area contributed by atoms with Gasteiger partial charge < -0.3 is 14.9 Å². The highest BCUT2D eigenvalue weighted by atomic mass is 32.1. The van der Waals surface area contributed by atoms with Crippen LogP contribution < -0.4 is 5.73 Å². The van der Waals surface area contributed by atoms with Gasteiger partial charge in [-0.15, -0.1) is 11.3 Å². The summed E-state index contributed by atoms with van der Waals surface area (Å²) in [5.74, 6) is 0. The first kappa shape index (κ1) is 27.7. The van der Waals surface area contributed by atoms with E-state index in [0.717, 1.165) is 23.4 Å². The van der Waals surface area contributed by atoms with Crippen LogP contribution in [0.15, 0.2) is 133 Å². The van der Waals surface area contributed by atoms with Gasteiger partial charge in [-0.3, -0.25) is 0 Å². The summed E-state index contributed by atoms with van der Waals surface area (Å²) in [5, 5.41) is 6.40. The third kappa shape index (κ3) is 4.11. The minimum Gasteiger partial charge on any atom is -0.398 e. The molecule has 0 unspecified atom stereocenters. The van der Waals surface area contributed by atoms with Gasteiger partial charge in [0.05, 0.1) is 22.2 Å². The van der Waals surface area contributed by atoms with Crippen LogP contribution in [0.3, 0.4) is 0 Å². The minimum absolute atomic E-state index is 0.786. The number of hydrogen-bond acceptors (Lipinski definition) is 2. The number of nitrogen functional groups attached to an aromatic ring is 1. The summed E-state index contributed by atoms with van der Waals surface area (Å²) in [6, 6.07) is 47.8. The molecule has 0 saturated carbocycles. The number of allylic oxidation sites excluding steroid dienone is 1. The fourth-order valence-corrected chi connectivity index (χ4v) is 8.85. The number of benzene rings is 6. The predicted octanol–water partition coefficient (Wildman–Crippen LogP) is 11.9. The van der Waals surface area contributed by atoms with Gasteiger partial charge in [-0.2, -0.15) is 0 Å². The van der Waals surface area contributed by atoms with Gasteiger partial charge in [0, 0.05) is 64.5 Å². The Hall–Kier alpha value is -5.58. The third-order valence-corrected chi connectivity index (χ3v) is 10.9. The minimum atomic E-state index is 0.786. The second-order valence-electron chi connectivity index (χ2n) is 12.2. The smallest absolute Gasteiger partial charge is 0.0558 e. The van der Waals surface area contributed by atoms with Crippen LogP contribution in [-0.4, -0.2) is 9.13 Å². The van der Waals surface area contributed by atoms with Crippen LogP contribution in [0.25, 0.3) is 75.9 Å². The molecule has 0 aliphatic rings. The van der Waals surface area contributed by atoms with Crippen molar-refractivity contribution in [1.29, 1.82) is 0 Å². The van der Waals surface area contributed by atoms with E-state index in [1.54, 1.807) is 0 Å². The van der Waals surface area contributed by atoms with Crippen LogP contribution in [0.4, 0.5) is 5.69 Å². The molecule has 0 amide bonds. The zero-order chi connectivity index (χ0) is 31.6. The van der Waals surface area contributed by atoms with E-state index >= 15 is 0 Å². The molecule has 0 saturated heterocycles. The standard InChI is InChI=1S/C43H33N3S/c1-3-28(41-35(44)19-13-22-38(41)46-36-20-10-7-16-30(36)31-17-8-11-21-37(31)46)26-34-27(2)45(29-14-5-4-6-15-29)39-25-24-33-32-18-9-12-23-40(32)47-43(33)42(34)39/h4-26H,3,44H2,1-2H3/b28-26+. The topological polar surface area (TPSA) is 35.9 Å². The Morgan fingerprint density at radius 2 is 1.30 bits per heavy atom. The lowest BCUT2D eigenvalue weighted by Crippen LogP contribution is -2.03. The lowest BCUT2D eigenvalue weighted by atomic mass is 9.95. The first-order chi connectivity index (χ1) is 23.1. The van der Waals surface area contributed by atoms with Crippen molar-refractivity contribution < 1.29 is 0 Å². The van der Waals surface area contributed by atoms with Crippen molar-refractivity contribution >= 4 is 81.6 Å². The summed E-state index contributed by atoms with van der Waals surface area (Å²) in [4.78, 5) is 0. The number of nitrogens with zero attached hydrogens (tertiary/aromatic N) is 2.